The molecule has 0 spiro atoms. The van der Waals surface area contributed by atoms with Crippen LogP contribution in [0.25, 0.3) is 11.1 Å². The molecule has 3 rings (SSSR count). The second-order valence-electron chi connectivity index (χ2n) is 5.09. The van der Waals surface area contributed by atoms with Crippen molar-refractivity contribution < 1.29 is 4.39 Å². The molecule has 0 unspecified atom stereocenters. The summed E-state index contributed by atoms with van der Waals surface area (Å²) in [4.78, 5) is 0. The molecule has 0 aliphatic heterocycles. The van der Waals surface area contributed by atoms with E-state index in [0.717, 1.165) is 11.1 Å². The molecule has 1 aliphatic rings. The first-order valence-electron chi connectivity index (χ1n) is 6.61. The van der Waals surface area contributed by atoms with E-state index in [2.05, 4.69) is 5.32 Å². The molecule has 1 saturated carbocycles. The van der Waals surface area contributed by atoms with Crippen LogP contribution in [0.5, 0.6) is 0 Å². The van der Waals surface area contributed by atoms with Gasteiger partial charge in [-0.15, -0.1) is 0 Å². The van der Waals surface area contributed by atoms with Crippen molar-refractivity contribution >= 4 is 23.2 Å². The Morgan fingerprint density at radius 2 is 1.90 bits per heavy atom. The Kier molecular flexibility index (Phi) is 3.97. The Morgan fingerprint density at radius 3 is 2.60 bits per heavy atom. The maximum absolute atomic E-state index is 14.0. The Morgan fingerprint density at radius 1 is 1.10 bits per heavy atom. The molecule has 2 aromatic rings. The second-order valence-corrected chi connectivity index (χ2v) is 5.93. The van der Waals surface area contributed by atoms with Gasteiger partial charge in [0, 0.05) is 28.2 Å². The van der Waals surface area contributed by atoms with Gasteiger partial charge in [0.1, 0.15) is 5.82 Å². The van der Waals surface area contributed by atoms with Gasteiger partial charge in [-0.05, 0) is 54.3 Å². The van der Waals surface area contributed by atoms with Crippen molar-refractivity contribution in [2.24, 2.45) is 0 Å². The van der Waals surface area contributed by atoms with Crippen molar-refractivity contribution in [3.05, 3.63) is 57.8 Å². The van der Waals surface area contributed by atoms with Crippen molar-refractivity contribution in [3.63, 3.8) is 0 Å². The molecule has 0 saturated heterocycles. The van der Waals surface area contributed by atoms with Gasteiger partial charge >= 0.3 is 0 Å². The Hall–Kier alpha value is -1.09. The number of benzene rings is 2. The fourth-order valence-electron chi connectivity index (χ4n) is 2.14. The van der Waals surface area contributed by atoms with Gasteiger partial charge < -0.3 is 5.32 Å². The fourth-order valence-corrected chi connectivity index (χ4v) is 2.49. The first-order chi connectivity index (χ1) is 9.63. The molecule has 1 aliphatic carbocycles. The predicted molar refractivity (Wildman–Crippen MR) is 81.7 cm³/mol. The van der Waals surface area contributed by atoms with E-state index in [4.69, 9.17) is 23.2 Å². The summed E-state index contributed by atoms with van der Waals surface area (Å²) in [6.07, 6.45) is 2.45. The molecule has 0 bridgehead atoms. The van der Waals surface area contributed by atoms with E-state index in [0.29, 0.717) is 28.2 Å². The van der Waals surface area contributed by atoms with Gasteiger partial charge in [0.05, 0.1) is 0 Å². The lowest BCUT2D eigenvalue weighted by Crippen LogP contribution is -2.15. The van der Waals surface area contributed by atoms with E-state index in [1.807, 2.05) is 18.2 Å². The minimum absolute atomic E-state index is 0.319. The van der Waals surface area contributed by atoms with E-state index in [9.17, 15) is 4.39 Å². The maximum atomic E-state index is 14.0. The fraction of sp³-hybridized carbons (Fsp3) is 0.250. The smallest absolute Gasteiger partial charge is 0.132 e. The van der Waals surface area contributed by atoms with Crippen LogP contribution in [0.15, 0.2) is 36.4 Å². The summed E-state index contributed by atoms with van der Waals surface area (Å²) in [5.74, 6) is -0.319. The quantitative estimate of drug-likeness (QED) is 0.833. The van der Waals surface area contributed by atoms with Crippen LogP contribution in [0.2, 0.25) is 10.0 Å². The van der Waals surface area contributed by atoms with Gasteiger partial charge in [-0.2, -0.15) is 0 Å². The zero-order chi connectivity index (χ0) is 14.1. The van der Waals surface area contributed by atoms with Gasteiger partial charge in [-0.3, -0.25) is 0 Å². The molecule has 0 heterocycles. The van der Waals surface area contributed by atoms with Crippen LogP contribution in [0.4, 0.5) is 4.39 Å². The van der Waals surface area contributed by atoms with E-state index in [-0.39, 0.29) is 5.82 Å². The number of halogens is 3. The lowest BCUT2D eigenvalue weighted by Gasteiger charge is -2.10. The lowest BCUT2D eigenvalue weighted by molar-refractivity contribution is 0.631. The normalized spacial score (nSPS) is 14.6. The summed E-state index contributed by atoms with van der Waals surface area (Å²) >= 11 is 12.0. The zero-order valence-corrected chi connectivity index (χ0v) is 12.3. The summed E-state index contributed by atoms with van der Waals surface area (Å²) in [6, 6.07) is 10.9. The number of rotatable bonds is 4. The van der Waals surface area contributed by atoms with E-state index >= 15 is 0 Å². The van der Waals surface area contributed by atoms with E-state index < -0.39 is 0 Å². The van der Waals surface area contributed by atoms with Crippen LogP contribution in [0, 0.1) is 5.82 Å². The molecule has 2 aromatic carbocycles. The van der Waals surface area contributed by atoms with Crippen molar-refractivity contribution in [2.75, 3.05) is 0 Å². The highest BCUT2D eigenvalue weighted by Gasteiger charge is 2.20. The summed E-state index contributed by atoms with van der Waals surface area (Å²) in [5.41, 5.74) is 2.35. The zero-order valence-electron chi connectivity index (χ0n) is 10.8. The monoisotopic (exact) mass is 309 g/mol. The highest BCUT2D eigenvalue weighted by molar-refractivity contribution is 6.31. The SMILES string of the molecule is Fc1cc(Cl)ccc1-c1ccc(Cl)c(CNC2CC2)c1. The Bertz CT molecular complexity index is 638. The third-order valence-electron chi connectivity index (χ3n) is 3.45. The average Bonchev–Trinajstić information content (AvgIpc) is 3.22. The molecule has 4 heteroatoms. The van der Waals surface area contributed by atoms with Crippen LogP contribution in [0.3, 0.4) is 0 Å². The average molecular weight is 310 g/mol. The van der Waals surface area contributed by atoms with Crippen LogP contribution in [-0.2, 0) is 6.54 Å². The third kappa shape index (κ3) is 3.14. The highest BCUT2D eigenvalue weighted by Crippen LogP contribution is 2.29. The molecule has 0 radical (unpaired) electrons. The summed E-state index contributed by atoms with van der Waals surface area (Å²) in [6.45, 7) is 0.715. The summed E-state index contributed by atoms with van der Waals surface area (Å²) in [7, 11) is 0. The van der Waals surface area contributed by atoms with Crippen LogP contribution in [0.1, 0.15) is 18.4 Å². The largest absolute Gasteiger partial charge is 0.310 e. The molecule has 20 heavy (non-hydrogen) atoms. The number of hydrogen-bond acceptors (Lipinski definition) is 1. The molecule has 1 N–H and O–H groups in total. The molecule has 0 atom stereocenters. The minimum Gasteiger partial charge on any atom is -0.310 e. The van der Waals surface area contributed by atoms with Gasteiger partial charge in [-0.1, -0.05) is 29.3 Å². The minimum atomic E-state index is -0.319. The van der Waals surface area contributed by atoms with Crippen LogP contribution < -0.4 is 5.32 Å². The molecule has 0 amide bonds. The number of nitrogens with one attached hydrogen (secondary N) is 1. The molecule has 0 aromatic heterocycles. The third-order valence-corrected chi connectivity index (χ3v) is 4.05. The van der Waals surface area contributed by atoms with Crippen LogP contribution >= 0.6 is 23.2 Å². The van der Waals surface area contributed by atoms with Crippen molar-refractivity contribution in [1.82, 2.24) is 5.32 Å². The summed E-state index contributed by atoms with van der Waals surface area (Å²) < 4.78 is 14.0. The Balaban J connectivity index is 1.90. The molecule has 1 nitrogen and oxygen atoms in total. The molecule has 1 fully saturated rings. The molecular formula is C16H14Cl2FN. The summed E-state index contributed by atoms with van der Waals surface area (Å²) in [5, 5.41) is 4.52. The maximum Gasteiger partial charge on any atom is 0.132 e. The first-order valence-corrected chi connectivity index (χ1v) is 7.36. The van der Waals surface area contributed by atoms with Gasteiger partial charge in [0.25, 0.3) is 0 Å². The van der Waals surface area contributed by atoms with Gasteiger partial charge in [-0.25, -0.2) is 4.39 Å². The van der Waals surface area contributed by atoms with E-state index in [1.165, 1.54) is 18.9 Å². The van der Waals surface area contributed by atoms with Gasteiger partial charge in [0.15, 0.2) is 0 Å². The number of hydrogen-bond donors (Lipinski definition) is 1. The van der Waals surface area contributed by atoms with E-state index in [1.54, 1.807) is 12.1 Å². The lowest BCUT2D eigenvalue weighted by atomic mass is 10.0. The standard InChI is InChI=1S/C16H14Cl2FN/c17-12-2-5-14(16(19)8-12)10-1-6-15(18)11(7-10)9-20-13-3-4-13/h1-2,5-8,13,20H,3-4,9H2. The Labute approximate surface area is 127 Å². The predicted octanol–water partition coefficient (Wildman–Crippen LogP) is 5.05. The first kappa shape index (κ1) is 13.9. The second kappa shape index (κ2) is 5.72. The van der Waals surface area contributed by atoms with Crippen LogP contribution in [-0.4, -0.2) is 6.04 Å². The van der Waals surface area contributed by atoms with Crippen molar-refractivity contribution in [1.29, 1.82) is 0 Å². The molecule has 104 valence electrons. The molecular weight excluding hydrogens is 296 g/mol. The van der Waals surface area contributed by atoms with Crippen molar-refractivity contribution in [3.8, 4) is 11.1 Å². The van der Waals surface area contributed by atoms with Crippen molar-refractivity contribution in [2.45, 2.75) is 25.4 Å². The topological polar surface area (TPSA) is 12.0 Å². The highest BCUT2D eigenvalue weighted by atomic mass is 35.5. The van der Waals surface area contributed by atoms with Gasteiger partial charge in [0.2, 0.25) is 0 Å².